The van der Waals surface area contributed by atoms with Crippen LogP contribution in [0.3, 0.4) is 0 Å². The Kier molecular flexibility index (Phi) is 4.77. The summed E-state index contributed by atoms with van der Waals surface area (Å²) in [4.78, 5) is 13.2. The maximum absolute atomic E-state index is 13.2. The van der Waals surface area contributed by atoms with E-state index in [1.165, 1.54) is 19.3 Å². The van der Waals surface area contributed by atoms with E-state index in [4.69, 9.17) is 9.31 Å². The third kappa shape index (κ3) is 3.38. The molecule has 1 aromatic rings. The van der Waals surface area contributed by atoms with Crippen LogP contribution in [0.4, 0.5) is 0 Å². The number of fused-ring (bicyclic) bond motifs is 2. The largest absolute Gasteiger partial charge is 0.494 e. The summed E-state index contributed by atoms with van der Waals surface area (Å²) < 4.78 is 12.3. The Morgan fingerprint density at radius 2 is 1.69 bits per heavy atom. The van der Waals surface area contributed by atoms with Crippen LogP contribution in [0.1, 0.15) is 70.2 Å². The van der Waals surface area contributed by atoms with E-state index in [1.54, 1.807) is 0 Å². The average Bonchev–Trinajstić information content (AvgIpc) is 2.82. The lowest BCUT2D eigenvalue weighted by molar-refractivity contribution is 0.00578. The molecule has 2 bridgehead atoms. The number of Topliss-reactive ketones (excluding diaryl/α,β-unsaturated/α-hetero) is 1. The van der Waals surface area contributed by atoms with Crippen molar-refractivity contribution in [1.29, 1.82) is 0 Å². The molecule has 0 aliphatic carbocycles. The standard InChI is InChI=1S/C21H29BO3S/c1-20(2)21(3,4)25-22(24-20)16-8-5-7-14(11-16)19(23)15-12-17-9-6-10-18(13-15)26-17/h5,7-8,11,15,17-18H,6,9-10,12-13H2,1-4H3. The zero-order valence-electron chi connectivity index (χ0n) is 16.3. The molecule has 0 amide bonds. The van der Waals surface area contributed by atoms with Gasteiger partial charge in [0.25, 0.3) is 0 Å². The van der Waals surface area contributed by atoms with E-state index in [-0.39, 0.29) is 17.1 Å². The zero-order valence-corrected chi connectivity index (χ0v) is 17.1. The van der Waals surface area contributed by atoms with Gasteiger partial charge in [-0.15, -0.1) is 0 Å². The Hall–Kier alpha value is -0.775. The summed E-state index contributed by atoms with van der Waals surface area (Å²) in [5, 5.41) is 1.37. The predicted octanol–water partition coefficient (Wildman–Crippen LogP) is 4.23. The molecule has 0 radical (unpaired) electrons. The van der Waals surface area contributed by atoms with E-state index in [0.717, 1.165) is 23.9 Å². The minimum atomic E-state index is -0.408. The van der Waals surface area contributed by atoms with Crippen molar-refractivity contribution in [3.63, 3.8) is 0 Å². The van der Waals surface area contributed by atoms with Gasteiger partial charge in [0.05, 0.1) is 11.2 Å². The van der Waals surface area contributed by atoms with Crippen molar-refractivity contribution in [3.8, 4) is 0 Å². The van der Waals surface area contributed by atoms with Crippen molar-refractivity contribution < 1.29 is 14.1 Å². The van der Waals surface area contributed by atoms with E-state index in [1.807, 2.05) is 24.3 Å². The number of rotatable bonds is 3. The molecule has 3 heterocycles. The van der Waals surface area contributed by atoms with Crippen LogP contribution in [0.2, 0.25) is 0 Å². The zero-order chi connectivity index (χ0) is 18.5. The second-order valence-electron chi connectivity index (χ2n) is 9.06. The highest BCUT2D eigenvalue weighted by atomic mass is 32.2. The molecule has 1 aromatic carbocycles. The molecule has 0 N–H and O–H groups in total. The molecular weight excluding hydrogens is 343 g/mol. The summed E-state index contributed by atoms with van der Waals surface area (Å²) in [6.07, 6.45) is 5.97. The van der Waals surface area contributed by atoms with Crippen molar-refractivity contribution in [3.05, 3.63) is 29.8 Å². The van der Waals surface area contributed by atoms with Crippen LogP contribution in [-0.2, 0) is 9.31 Å². The summed E-state index contributed by atoms with van der Waals surface area (Å²) in [6, 6.07) is 7.91. The number of carbonyl (C=O) groups is 1. The lowest BCUT2D eigenvalue weighted by Crippen LogP contribution is -2.41. The van der Waals surface area contributed by atoms with Gasteiger partial charge < -0.3 is 9.31 Å². The molecule has 3 aliphatic rings. The van der Waals surface area contributed by atoms with Crippen molar-refractivity contribution in [2.24, 2.45) is 5.92 Å². The molecule has 3 aliphatic heterocycles. The van der Waals surface area contributed by atoms with Gasteiger partial charge in [0.1, 0.15) is 0 Å². The van der Waals surface area contributed by atoms with Crippen LogP contribution in [0, 0.1) is 5.92 Å². The van der Waals surface area contributed by atoms with Gasteiger partial charge in [0.2, 0.25) is 0 Å². The third-order valence-electron chi connectivity index (χ3n) is 6.60. The Morgan fingerprint density at radius 1 is 1.08 bits per heavy atom. The quantitative estimate of drug-likeness (QED) is 0.588. The molecule has 4 rings (SSSR count). The van der Waals surface area contributed by atoms with Crippen molar-refractivity contribution in [1.82, 2.24) is 0 Å². The molecule has 3 saturated heterocycles. The fourth-order valence-electron chi connectivity index (χ4n) is 4.33. The molecule has 26 heavy (non-hydrogen) atoms. The van der Waals surface area contributed by atoms with E-state index in [9.17, 15) is 4.79 Å². The van der Waals surface area contributed by atoms with Crippen LogP contribution >= 0.6 is 11.8 Å². The summed E-state index contributed by atoms with van der Waals surface area (Å²) in [5.74, 6) is 0.487. The molecule has 0 spiro atoms. The Labute approximate surface area is 161 Å². The van der Waals surface area contributed by atoms with E-state index in [2.05, 4.69) is 39.5 Å². The normalized spacial score (nSPS) is 32.5. The molecule has 0 aromatic heterocycles. The summed E-state index contributed by atoms with van der Waals surface area (Å²) in [6.45, 7) is 8.22. The SMILES string of the molecule is CC1(C)OB(c2cccc(C(=O)C3CC4CCCC(C3)S4)c2)OC1(C)C. The van der Waals surface area contributed by atoms with Gasteiger partial charge in [-0.05, 0) is 58.8 Å². The van der Waals surface area contributed by atoms with Crippen LogP contribution in [0.25, 0.3) is 0 Å². The molecular formula is C21H29BO3S. The predicted molar refractivity (Wildman–Crippen MR) is 108 cm³/mol. The van der Waals surface area contributed by atoms with Crippen LogP contribution < -0.4 is 5.46 Å². The second kappa shape index (κ2) is 6.68. The maximum Gasteiger partial charge on any atom is 0.494 e. The smallest absolute Gasteiger partial charge is 0.399 e. The van der Waals surface area contributed by atoms with Gasteiger partial charge in [-0.1, -0.05) is 30.7 Å². The van der Waals surface area contributed by atoms with Gasteiger partial charge in [0, 0.05) is 22.0 Å². The van der Waals surface area contributed by atoms with Gasteiger partial charge in [0.15, 0.2) is 5.78 Å². The summed E-state index contributed by atoms with van der Waals surface area (Å²) >= 11 is 2.12. The lowest BCUT2D eigenvalue weighted by Gasteiger charge is -2.38. The highest BCUT2D eigenvalue weighted by Gasteiger charge is 2.51. The fraction of sp³-hybridized carbons (Fsp3) is 0.667. The van der Waals surface area contributed by atoms with E-state index >= 15 is 0 Å². The number of hydrogen-bond donors (Lipinski definition) is 0. The van der Waals surface area contributed by atoms with Gasteiger partial charge in [-0.3, -0.25) is 4.79 Å². The van der Waals surface area contributed by atoms with Gasteiger partial charge >= 0.3 is 7.12 Å². The first-order chi connectivity index (χ1) is 12.2. The summed E-state index contributed by atoms with van der Waals surface area (Å²) in [5.41, 5.74) is 1.03. The number of hydrogen-bond acceptors (Lipinski definition) is 4. The topological polar surface area (TPSA) is 35.5 Å². The third-order valence-corrected chi connectivity index (χ3v) is 8.23. The number of thioether (sulfide) groups is 1. The first-order valence-electron chi connectivity index (χ1n) is 9.90. The Morgan fingerprint density at radius 3 is 2.31 bits per heavy atom. The van der Waals surface area contributed by atoms with E-state index in [0.29, 0.717) is 16.3 Å². The molecule has 2 unspecified atom stereocenters. The van der Waals surface area contributed by atoms with E-state index < -0.39 is 7.12 Å². The minimum Gasteiger partial charge on any atom is -0.399 e. The number of benzene rings is 1. The van der Waals surface area contributed by atoms with Gasteiger partial charge in [-0.25, -0.2) is 0 Å². The fourth-order valence-corrected chi connectivity index (χ4v) is 6.16. The minimum absolute atomic E-state index is 0.181. The molecule has 3 fully saturated rings. The summed E-state index contributed by atoms with van der Waals surface area (Å²) in [7, 11) is -0.408. The maximum atomic E-state index is 13.2. The highest BCUT2D eigenvalue weighted by molar-refractivity contribution is 8.00. The van der Waals surface area contributed by atoms with Gasteiger partial charge in [-0.2, -0.15) is 11.8 Å². The molecule has 140 valence electrons. The van der Waals surface area contributed by atoms with Crippen LogP contribution in [-0.4, -0.2) is 34.6 Å². The molecule has 2 atom stereocenters. The van der Waals surface area contributed by atoms with Crippen LogP contribution in [0.5, 0.6) is 0 Å². The number of ketones is 1. The van der Waals surface area contributed by atoms with Crippen LogP contribution in [0.15, 0.2) is 24.3 Å². The second-order valence-corrected chi connectivity index (χ2v) is 10.7. The first kappa shape index (κ1) is 18.6. The lowest BCUT2D eigenvalue weighted by atomic mass is 9.77. The molecule has 3 nitrogen and oxygen atoms in total. The Bertz CT molecular complexity index is 674. The first-order valence-corrected chi connectivity index (χ1v) is 10.8. The van der Waals surface area contributed by atoms with Crippen molar-refractivity contribution in [2.45, 2.75) is 81.5 Å². The highest BCUT2D eigenvalue weighted by Crippen LogP contribution is 2.44. The van der Waals surface area contributed by atoms with Crippen molar-refractivity contribution >= 4 is 30.1 Å². The number of carbonyl (C=O) groups excluding carboxylic acids is 1. The molecule has 0 saturated carbocycles. The van der Waals surface area contributed by atoms with Crippen molar-refractivity contribution in [2.75, 3.05) is 0 Å². The molecule has 5 heteroatoms. The average molecular weight is 372 g/mol. The Balaban J connectivity index is 1.52. The monoisotopic (exact) mass is 372 g/mol.